The highest BCUT2D eigenvalue weighted by atomic mass is 19.1. The first-order valence-corrected chi connectivity index (χ1v) is 18.0. The summed E-state index contributed by atoms with van der Waals surface area (Å²) in [6.45, 7) is 7.76. The van der Waals surface area contributed by atoms with E-state index in [-0.39, 0.29) is 25.6 Å². The Morgan fingerprint density at radius 3 is 2.19 bits per heavy atom. The van der Waals surface area contributed by atoms with Crippen LogP contribution in [-0.2, 0) is 16.0 Å². The smallest absolute Gasteiger partial charge is 0.333 e. The molecule has 0 unspecified atom stereocenters. The molecule has 1 fully saturated rings. The van der Waals surface area contributed by atoms with Crippen LogP contribution < -0.4 is 4.74 Å². The molecule has 47 heavy (non-hydrogen) atoms. The summed E-state index contributed by atoms with van der Waals surface area (Å²) in [5.74, 6) is 1.36. The van der Waals surface area contributed by atoms with Gasteiger partial charge in [-0.3, -0.25) is 0 Å². The van der Waals surface area contributed by atoms with E-state index in [4.69, 9.17) is 9.47 Å². The Balaban J connectivity index is 1.33. The number of esters is 1. The molecule has 254 valence electrons. The van der Waals surface area contributed by atoms with Gasteiger partial charge in [-0.2, -0.15) is 0 Å². The van der Waals surface area contributed by atoms with E-state index in [2.05, 4.69) is 37.8 Å². The molecular weight excluding hydrogens is 587 g/mol. The fraction of sp³-hybridized carbons (Fsp3) is 0.500. The van der Waals surface area contributed by atoms with Crippen molar-refractivity contribution in [3.05, 3.63) is 89.8 Å². The number of carbonyl (C=O) groups is 1. The molecule has 0 heterocycles. The monoisotopic (exact) mass is 642 g/mol. The molecule has 1 aliphatic carbocycles. The third-order valence-corrected chi connectivity index (χ3v) is 9.65. The van der Waals surface area contributed by atoms with Crippen molar-refractivity contribution in [3.8, 4) is 28.0 Å². The molecule has 0 amide bonds. The minimum Gasteiger partial charge on any atom is -0.490 e. The summed E-state index contributed by atoms with van der Waals surface area (Å²) in [5, 5.41) is 9.33. The van der Waals surface area contributed by atoms with Crippen LogP contribution in [0.3, 0.4) is 0 Å². The molecule has 4 nitrogen and oxygen atoms in total. The van der Waals surface area contributed by atoms with E-state index in [0.29, 0.717) is 41.2 Å². The molecule has 5 heteroatoms. The maximum atomic E-state index is 15.6. The summed E-state index contributed by atoms with van der Waals surface area (Å²) in [6, 6.07) is 19.8. The van der Waals surface area contributed by atoms with Gasteiger partial charge in [0.1, 0.15) is 24.8 Å². The molecule has 0 aromatic heterocycles. The van der Waals surface area contributed by atoms with Crippen molar-refractivity contribution in [1.82, 2.24) is 0 Å². The van der Waals surface area contributed by atoms with Gasteiger partial charge in [0.05, 0.1) is 0 Å². The van der Waals surface area contributed by atoms with Crippen molar-refractivity contribution < 1.29 is 23.8 Å². The molecule has 0 aliphatic heterocycles. The number of aryl methyl sites for hydroxylation is 1. The highest BCUT2D eigenvalue weighted by molar-refractivity contribution is 5.86. The number of aliphatic hydroxyl groups excluding tert-OH is 1. The molecule has 0 bridgehead atoms. The van der Waals surface area contributed by atoms with E-state index < -0.39 is 5.97 Å². The number of benzene rings is 3. The number of halogens is 1. The lowest BCUT2D eigenvalue weighted by Crippen LogP contribution is -2.13. The van der Waals surface area contributed by atoms with Crippen LogP contribution in [0.25, 0.3) is 22.3 Å². The molecule has 1 N–H and O–H groups in total. The van der Waals surface area contributed by atoms with Gasteiger partial charge in [0, 0.05) is 17.7 Å². The van der Waals surface area contributed by atoms with E-state index in [1.807, 2.05) is 30.3 Å². The number of aliphatic hydroxyl groups is 1. The summed E-state index contributed by atoms with van der Waals surface area (Å²) in [5.41, 5.74) is 5.71. The number of carbonyl (C=O) groups excluding carboxylic acids is 1. The van der Waals surface area contributed by atoms with Gasteiger partial charge in [-0.1, -0.05) is 113 Å². The molecule has 1 saturated carbocycles. The van der Waals surface area contributed by atoms with E-state index in [1.165, 1.54) is 82.6 Å². The van der Waals surface area contributed by atoms with Crippen molar-refractivity contribution >= 4 is 5.97 Å². The van der Waals surface area contributed by atoms with Gasteiger partial charge in [-0.05, 0) is 97.2 Å². The summed E-state index contributed by atoms with van der Waals surface area (Å²) in [6.07, 6.45) is 17.5. The van der Waals surface area contributed by atoms with E-state index in [9.17, 15) is 9.90 Å². The first kappa shape index (κ1) is 36.4. The second-order valence-electron chi connectivity index (χ2n) is 13.4. The molecule has 0 saturated heterocycles. The number of rotatable bonds is 19. The standard InChI is InChI=1S/C42H55FO4/c1-4-5-6-7-8-9-10-12-32-14-16-33(17-15-32)34-18-20-35(21-19-34)37-24-25-39(40(43)29-37)38-23-22-36(13-11-26-44)41(30-38)46-27-28-47-42(45)31(2)3/h18-25,29-30,32-33,44H,2,4-17,26-28H2,1,3H3. The van der Waals surface area contributed by atoms with Gasteiger partial charge < -0.3 is 14.6 Å². The number of unbranched alkanes of at least 4 members (excludes halogenated alkanes) is 6. The zero-order chi connectivity index (χ0) is 33.4. The molecule has 3 aromatic rings. The van der Waals surface area contributed by atoms with E-state index >= 15 is 4.39 Å². The highest BCUT2D eigenvalue weighted by Gasteiger charge is 2.22. The van der Waals surface area contributed by atoms with Crippen molar-refractivity contribution in [2.24, 2.45) is 5.92 Å². The highest BCUT2D eigenvalue weighted by Crippen LogP contribution is 2.39. The molecule has 0 radical (unpaired) electrons. The number of ether oxygens (including phenoxy) is 2. The SMILES string of the molecule is C=C(C)C(=O)OCCOc1cc(-c2ccc(-c3ccc(C4CCC(CCCCCCCCC)CC4)cc3)cc2F)ccc1CCCO. The third-order valence-electron chi connectivity index (χ3n) is 9.65. The Morgan fingerprint density at radius 2 is 1.51 bits per heavy atom. The van der Waals surface area contributed by atoms with E-state index in [1.54, 1.807) is 13.0 Å². The minimum atomic E-state index is -0.462. The van der Waals surface area contributed by atoms with Gasteiger partial charge in [0.2, 0.25) is 0 Å². The first-order chi connectivity index (χ1) is 22.9. The largest absolute Gasteiger partial charge is 0.490 e. The zero-order valence-electron chi connectivity index (χ0n) is 28.7. The Bertz CT molecular complexity index is 1400. The van der Waals surface area contributed by atoms with Gasteiger partial charge in [-0.15, -0.1) is 0 Å². The van der Waals surface area contributed by atoms with Gasteiger partial charge in [0.15, 0.2) is 0 Å². The van der Waals surface area contributed by atoms with E-state index in [0.717, 1.165) is 22.6 Å². The summed E-state index contributed by atoms with van der Waals surface area (Å²) < 4.78 is 26.7. The predicted octanol–water partition coefficient (Wildman–Crippen LogP) is 11.0. The maximum absolute atomic E-state index is 15.6. The maximum Gasteiger partial charge on any atom is 0.333 e. The lowest BCUT2D eigenvalue weighted by Gasteiger charge is -2.29. The summed E-state index contributed by atoms with van der Waals surface area (Å²) in [4.78, 5) is 11.7. The fourth-order valence-corrected chi connectivity index (χ4v) is 6.79. The van der Waals surface area contributed by atoms with Crippen LogP contribution in [-0.4, -0.2) is 30.9 Å². The van der Waals surface area contributed by atoms with Crippen LogP contribution in [0.2, 0.25) is 0 Å². The Labute approximate surface area is 282 Å². The van der Waals surface area contributed by atoms with Crippen LogP contribution >= 0.6 is 0 Å². The van der Waals surface area contributed by atoms with Gasteiger partial charge >= 0.3 is 5.97 Å². The molecule has 1 aliphatic rings. The lowest BCUT2D eigenvalue weighted by atomic mass is 9.77. The Kier molecular flexibility index (Phi) is 15.0. The molecular formula is C42H55FO4. The molecule has 4 rings (SSSR count). The molecule has 3 aromatic carbocycles. The summed E-state index contributed by atoms with van der Waals surface area (Å²) in [7, 11) is 0. The van der Waals surface area contributed by atoms with Crippen LogP contribution in [0.1, 0.15) is 114 Å². The second-order valence-corrected chi connectivity index (χ2v) is 13.4. The Hall–Kier alpha value is -3.44. The Morgan fingerprint density at radius 1 is 0.830 bits per heavy atom. The summed E-state index contributed by atoms with van der Waals surface area (Å²) >= 11 is 0. The fourth-order valence-electron chi connectivity index (χ4n) is 6.79. The lowest BCUT2D eigenvalue weighted by molar-refractivity contribution is -0.139. The number of hydrogen-bond acceptors (Lipinski definition) is 4. The minimum absolute atomic E-state index is 0.0644. The second kappa shape index (κ2) is 19.4. The van der Waals surface area contributed by atoms with Gasteiger partial charge in [-0.25, -0.2) is 9.18 Å². The quantitative estimate of drug-likeness (QED) is 0.0803. The third kappa shape index (κ3) is 11.3. The molecule has 0 spiro atoms. The van der Waals surface area contributed by atoms with Crippen molar-refractivity contribution in [2.75, 3.05) is 19.8 Å². The zero-order valence-corrected chi connectivity index (χ0v) is 28.7. The average Bonchev–Trinajstić information content (AvgIpc) is 3.09. The topological polar surface area (TPSA) is 55.8 Å². The van der Waals surface area contributed by atoms with Crippen LogP contribution in [0.5, 0.6) is 5.75 Å². The van der Waals surface area contributed by atoms with Crippen molar-refractivity contribution in [3.63, 3.8) is 0 Å². The van der Waals surface area contributed by atoms with Gasteiger partial charge in [0.25, 0.3) is 0 Å². The predicted molar refractivity (Wildman–Crippen MR) is 191 cm³/mol. The van der Waals surface area contributed by atoms with Crippen molar-refractivity contribution in [1.29, 1.82) is 0 Å². The van der Waals surface area contributed by atoms with Crippen LogP contribution in [0.4, 0.5) is 4.39 Å². The molecule has 0 atom stereocenters. The number of hydrogen-bond donors (Lipinski definition) is 1. The average molecular weight is 643 g/mol. The van der Waals surface area contributed by atoms with Crippen LogP contribution in [0, 0.1) is 11.7 Å². The normalized spacial score (nSPS) is 16.2. The first-order valence-electron chi connectivity index (χ1n) is 18.0. The van der Waals surface area contributed by atoms with Crippen molar-refractivity contribution in [2.45, 2.75) is 110 Å². The van der Waals surface area contributed by atoms with Crippen LogP contribution in [0.15, 0.2) is 72.8 Å².